The predicted molar refractivity (Wildman–Crippen MR) is 187 cm³/mol. The fourth-order valence-corrected chi connectivity index (χ4v) is 7.07. The van der Waals surface area contributed by atoms with E-state index in [9.17, 15) is 19.5 Å². The minimum absolute atomic E-state index is 0.00751. The van der Waals surface area contributed by atoms with Crippen LogP contribution in [0.3, 0.4) is 0 Å². The van der Waals surface area contributed by atoms with Gasteiger partial charge >= 0.3 is 6.09 Å². The summed E-state index contributed by atoms with van der Waals surface area (Å²) in [6.07, 6.45) is 0.444. The van der Waals surface area contributed by atoms with Gasteiger partial charge in [-0.15, -0.1) is 11.3 Å². The molecule has 50 heavy (non-hydrogen) atoms. The Kier molecular flexibility index (Phi) is 12.2. The van der Waals surface area contributed by atoms with Gasteiger partial charge in [-0.25, -0.2) is 9.78 Å². The van der Waals surface area contributed by atoms with Gasteiger partial charge in [0.1, 0.15) is 24.2 Å². The highest BCUT2D eigenvalue weighted by Crippen LogP contribution is 2.33. The number of ether oxygens (including phenoxy) is 3. The molecule has 13 nitrogen and oxygen atoms in total. The zero-order valence-electron chi connectivity index (χ0n) is 29.7. The summed E-state index contributed by atoms with van der Waals surface area (Å²) in [6.45, 7) is 13.3. The molecule has 0 bridgehead atoms. The SMILES string of the molecule is Cc1ncsc1-c1ccc(CNC(=O)[C@@H]2C[C@@H](O)CN2C(=O)[C@H](c2cc(OCCOC3CCN(C(=O)OC(C)(C)C)CC3)no2)C(C)C)cc1. The second-order valence-corrected chi connectivity index (χ2v) is 15.1. The van der Waals surface area contributed by atoms with Crippen molar-refractivity contribution in [3.05, 3.63) is 52.9 Å². The van der Waals surface area contributed by atoms with E-state index in [0.29, 0.717) is 44.8 Å². The first-order valence-corrected chi connectivity index (χ1v) is 18.1. The summed E-state index contributed by atoms with van der Waals surface area (Å²) in [5, 5.41) is 17.5. The Labute approximate surface area is 297 Å². The highest BCUT2D eigenvalue weighted by molar-refractivity contribution is 7.13. The average Bonchev–Trinajstić information content (AvgIpc) is 3.81. The van der Waals surface area contributed by atoms with E-state index < -0.39 is 23.7 Å². The number of likely N-dealkylation sites (tertiary alicyclic amines) is 2. The fourth-order valence-electron chi connectivity index (χ4n) is 6.26. The lowest BCUT2D eigenvalue weighted by Crippen LogP contribution is -2.48. The van der Waals surface area contributed by atoms with Gasteiger partial charge in [-0.2, -0.15) is 0 Å². The van der Waals surface area contributed by atoms with E-state index in [1.165, 1.54) is 4.90 Å². The third kappa shape index (κ3) is 9.61. The van der Waals surface area contributed by atoms with Gasteiger partial charge in [0.25, 0.3) is 5.88 Å². The smallest absolute Gasteiger partial charge is 0.410 e. The van der Waals surface area contributed by atoms with Crippen LogP contribution in [-0.4, -0.2) is 99.7 Å². The summed E-state index contributed by atoms with van der Waals surface area (Å²) in [6, 6.07) is 8.72. The predicted octanol–water partition coefficient (Wildman–Crippen LogP) is 4.92. The maximum absolute atomic E-state index is 13.9. The lowest BCUT2D eigenvalue weighted by molar-refractivity contribution is -0.141. The number of aliphatic hydroxyl groups excluding tert-OH is 1. The van der Waals surface area contributed by atoms with Gasteiger partial charge in [0.2, 0.25) is 11.8 Å². The van der Waals surface area contributed by atoms with Crippen molar-refractivity contribution in [2.75, 3.05) is 32.8 Å². The monoisotopic (exact) mass is 711 g/mol. The van der Waals surface area contributed by atoms with Crippen LogP contribution in [0.4, 0.5) is 4.79 Å². The standard InChI is InChI=1S/C36H49N5O8S/c1-22(2)31(29-18-30(39-49-29)47-16-15-46-27-11-13-40(14-12-27)35(45)48-36(4,5)6)34(44)41-20-26(42)17-28(41)33(43)37-19-24-7-9-25(10-8-24)32-23(3)38-21-50-32/h7-10,18,21-22,26-28,31,42H,11-17,19-20H2,1-6H3,(H,37,43)/t26-,28+,31+/m1/s1. The highest BCUT2D eigenvalue weighted by atomic mass is 32.1. The summed E-state index contributed by atoms with van der Waals surface area (Å²) in [5.41, 5.74) is 4.26. The largest absolute Gasteiger partial charge is 0.473 e. The number of aromatic nitrogens is 2. The highest BCUT2D eigenvalue weighted by Gasteiger charge is 2.43. The number of rotatable bonds is 12. The topological polar surface area (TPSA) is 157 Å². The van der Waals surface area contributed by atoms with Crippen LogP contribution >= 0.6 is 11.3 Å². The number of nitrogens with zero attached hydrogens (tertiary/aromatic N) is 4. The summed E-state index contributed by atoms with van der Waals surface area (Å²) in [4.78, 5) is 48.2. The van der Waals surface area contributed by atoms with Crippen LogP contribution in [-0.2, 0) is 25.6 Å². The Morgan fingerprint density at radius 2 is 1.84 bits per heavy atom. The molecule has 5 rings (SSSR count). The van der Waals surface area contributed by atoms with Gasteiger partial charge in [0.05, 0.1) is 34.9 Å². The van der Waals surface area contributed by atoms with Crippen molar-refractivity contribution in [1.82, 2.24) is 25.3 Å². The van der Waals surface area contributed by atoms with Crippen molar-refractivity contribution in [1.29, 1.82) is 0 Å². The van der Waals surface area contributed by atoms with Crippen molar-refractivity contribution >= 4 is 29.2 Å². The number of carbonyl (C=O) groups is 3. The van der Waals surface area contributed by atoms with Gasteiger partial charge in [-0.1, -0.05) is 38.1 Å². The van der Waals surface area contributed by atoms with Crippen LogP contribution in [0.2, 0.25) is 0 Å². The minimum Gasteiger partial charge on any atom is -0.473 e. The van der Waals surface area contributed by atoms with Gasteiger partial charge in [-0.05, 0) is 62.7 Å². The van der Waals surface area contributed by atoms with E-state index in [1.54, 1.807) is 22.3 Å². The molecule has 14 heteroatoms. The first-order valence-electron chi connectivity index (χ1n) is 17.2. The van der Waals surface area contributed by atoms with E-state index in [1.807, 2.05) is 71.3 Å². The molecule has 0 radical (unpaired) electrons. The van der Waals surface area contributed by atoms with Crippen molar-refractivity contribution in [3.63, 3.8) is 0 Å². The number of hydrogen-bond acceptors (Lipinski definition) is 11. The third-order valence-corrected chi connectivity index (χ3v) is 9.80. The molecule has 272 valence electrons. The van der Waals surface area contributed by atoms with Crippen LogP contribution in [0.1, 0.15) is 76.8 Å². The van der Waals surface area contributed by atoms with Gasteiger partial charge in [0.15, 0.2) is 5.76 Å². The Morgan fingerprint density at radius 1 is 1.12 bits per heavy atom. The number of piperidine rings is 1. The van der Waals surface area contributed by atoms with Crippen LogP contribution in [0.25, 0.3) is 10.4 Å². The molecule has 2 aromatic heterocycles. The molecule has 0 unspecified atom stereocenters. The Hall–Kier alpha value is -4.01. The number of hydrogen-bond donors (Lipinski definition) is 2. The van der Waals surface area contributed by atoms with E-state index in [-0.39, 0.29) is 55.4 Å². The lowest BCUT2D eigenvalue weighted by atomic mass is 9.91. The zero-order valence-corrected chi connectivity index (χ0v) is 30.5. The molecule has 0 saturated carbocycles. The first kappa shape index (κ1) is 37.3. The Morgan fingerprint density at radius 3 is 2.48 bits per heavy atom. The summed E-state index contributed by atoms with van der Waals surface area (Å²) < 4.78 is 22.8. The number of nitrogens with one attached hydrogen (secondary N) is 1. The summed E-state index contributed by atoms with van der Waals surface area (Å²) in [5.74, 6) is -0.988. The Bertz CT molecular complexity index is 1590. The zero-order chi connectivity index (χ0) is 36.0. The average molecular weight is 712 g/mol. The fraction of sp³-hybridized carbons (Fsp3) is 0.583. The molecule has 2 aliphatic heterocycles. The molecule has 4 heterocycles. The number of aliphatic hydroxyl groups is 1. The maximum atomic E-state index is 13.9. The van der Waals surface area contributed by atoms with E-state index >= 15 is 0 Å². The summed E-state index contributed by atoms with van der Waals surface area (Å²) in [7, 11) is 0. The quantitative estimate of drug-likeness (QED) is 0.247. The molecule has 0 aliphatic carbocycles. The number of β-amino-alcohol motifs (C(OH)–C–C–N with tert-alkyl or cyclic N) is 1. The molecular weight excluding hydrogens is 662 g/mol. The molecule has 2 saturated heterocycles. The molecule has 3 atom stereocenters. The second-order valence-electron chi connectivity index (χ2n) is 14.3. The number of aryl methyl sites for hydroxylation is 1. The van der Waals surface area contributed by atoms with Crippen LogP contribution < -0.4 is 10.1 Å². The van der Waals surface area contributed by atoms with E-state index in [0.717, 1.165) is 21.7 Å². The Balaban J connectivity index is 1.10. The number of amides is 3. The number of carbonyl (C=O) groups excluding carboxylic acids is 3. The van der Waals surface area contributed by atoms with Crippen LogP contribution in [0, 0.1) is 12.8 Å². The van der Waals surface area contributed by atoms with E-state index in [4.69, 9.17) is 18.7 Å². The normalized spacial score (nSPS) is 19.1. The van der Waals surface area contributed by atoms with Gasteiger partial charge in [0, 0.05) is 38.7 Å². The van der Waals surface area contributed by atoms with Crippen LogP contribution in [0.15, 0.2) is 40.4 Å². The first-order chi connectivity index (χ1) is 23.8. The molecule has 1 aromatic carbocycles. The molecule has 3 aromatic rings. The van der Waals surface area contributed by atoms with Crippen LogP contribution in [0.5, 0.6) is 5.88 Å². The van der Waals surface area contributed by atoms with Gasteiger partial charge < -0.3 is 39.0 Å². The molecule has 2 N–H and O–H groups in total. The molecule has 2 fully saturated rings. The minimum atomic E-state index is -0.817. The van der Waals surface area contributed by atoms with Crippen molar-refractivity contribution < 1.29 is 38.2 Å². The van der Waals surface area contributed by atoms with Gasteiger partial charge in [-0.3, -0.25) is 9.59 Å². The summed E-state index contributed by atoms with van der Waals surface area (Å²) >= 11 is 1.58. The van der Waals surface area contributed by atoms with E-state index in [2.05, 4.69) is 15.5 Å². The molecule has 2 aliphatic rings. The second kappa shape index (κ2) is 16.3. The third-order valence-electron chi connectivity index (χ3n) is 8.82. The number of benzene rings is 1. The molecular formula is C36H49N5O8S. The maximum Gasteiger partial charge on any atom is 0.410 e. The number of thiazole rings is 1. The van der Waals surface area contributed by atoms with Crippen molar-refractivity contribution in [2.24, 2.45) is 5.92 Å². The molecule has 3 amide bonds. The van der Waals surface area contributed by atoms with Crippen molar-refractivity contribution in [2.45, 2.75) is 97.1 Å². The van der Waals surface area contributed by atoms with Crippen molar-refractivity contribution in [3.8, 4) is 16.3 Å². The lowest BCUT2D eigenvalue weighted by Gasteiger charge is -2.33. The molecule has 0 spiro atoms.